The van der Waals surface area contributed by atoms with Gasteiger partial charge in [-0.15, -0.1) is 0 Å². The van der Waals surface area contributed by atoms with Crippen molar-refractivity contribution in [3.63, 3.8) is 0 Å². The summed E-state index contributed by atoms with van der Waals surface area (Å²) in [6.07, 6.45) is 1.58. The minimum absolute atomic E-state index is 0.338. The average molecular weight is 340 g/mol. The number of rotatable bonds is 5. The predicted octanol–water partition coefficient (Wildman–Crippen LogP) is 2.29. The van der Waals surface area contributed by atoms with E-state index in [1.54, 1.807) is 6.26 Å². The van der Waals surface area contributed by atoms with Crippen molar-refractivity contribution in [2.45, 2.75) is 13.1 Å². The number of hydrogen-bond donors (Lipinski definition) is 1. The monoisotopic (exact) mass is 340 g/mol. The molecule has 0 spiro atoms. The van der Waals surface area contributed by atoms with Crippen molar-refractivity contribution in [1.29, 1.82) is 0 Å². The van der Waals surface area contributed by atoms with Gasteiger partial charge in [0.1, 0.15) is 12.0 Å². The van der Waals surface area contributed by atoms with Gasteiger partial charge in [0.05, 0.1) is 25.3 Å². The van der Waals surface area contributed by atoms with E-state index >= 15 is 0 Å². The van der Waals surface area contributed by atoms with Gasteiger partial charge < -0.3 is 19.4 Å². The minimum Gasteiger partial charge on any atom is -0.467 e. The van der Waals surface area contributed by atoms with Gasteiger partial charge in [0.15, 0.2) is 0 Å². The van der Waals surface area contributed by atoms with Crippen LogP contribution in [0.15, 0.2) is 45.5 Å². The van der Waals surface area contributed by atoms with Crippen molar-refractivity contribution in [3.8, 4) is 22.8 Å². The van der Waals surface area contributed by atoms with Crippen LogP contribution in [0, 0.1) is 0 Å². The Morgan fingerprint density at radius 2 is 2.00 bits per heavy atom. The van der Waals surface area contributed by atoms with Crippen LogP contribution in [0.4, 0.5) is 0 Å². The molecule has 2 aromatic heterocycles. The zero-order valence-corrected chi connectivity index (χ0v) is 13.9. The summed E-state index contributed by atoms with van der Waals surface area (Å²) in [5.74, 6) is 1.67. The first-order valence-electron chi connectivity index (χ1n) is 8.33. The number of hydrogen-bond acceptors (Lipinski definition) is 7. The summed E-state index contributed by atoms with van der Waals surface area (Å²) in [5.41, 5.74) is 8.45. The first kappa shape index (κ1) is 16.0. The van der Waals surface area contributed by atoms with Gasteiger partial charge in [-0.1, -0.05) is 23.4 Å². The Balaban J connectivity index is 1.52. The van der Waals surface area contributed by atoms with Crippen LogP contribution in [-0.4, -0.2) is 41.3 Å². The summed E-state index contributed by atoms with van der Waals surface area (Å²) in [4.78, 5) is 6.85. The van der Waals surface area contributed by atoms with Crippen LogP contribution in [0.5, 0.6) is 0 Å². The number of ether oxygens (including phenoxy) is 1. The predicted molar refractivity (Wildman–Crippen MR) is 91.4 cm³/mol. The molecule has 3 heterocycles. The summed E-state index contributed by atoms with van der Waals surface area (Å²) < 4.78 is 16.1. The Kier molecular flexibility index (Phi) is 4.60. The molecule has 7 heteroatoms. The molecule has 1 aromatic carbocycles. The molecule has 4 rings (SSSR count). The summed E-state index contributed by atoms with van der Waals surface area (Å²) in [6, 6.07) is 10.0. The maximum atomic E-state index is 5.56. The van der Waals surface area contributed by atoms with Gasteiger partial charge in [0.25, 0.3) is 5.89 Å². The highest BCUT2D eigenvalue weighted by Crippen LogP contribution is 2.24. The second-order valence-corrected chi connectivity index (χ2v) is 6.02. The van der Waals surface area contributed by atoms with Crippen molar-refractivity contribution >= 4 is 0 Å². The lowest BCUT2D eigenvalue weighted by atomic mass is 10.1. The Bertz CT molecular complexity index is 836. The fourth-order valence-electron chi connectivity index (χ4n) is 2.88. The molecule has 0 amide bonds. The number of benzene rings is 1. The van der Waals surface area contributed by atoms with Crippen molar-refractivity contribution < 1.29 is 13.7 Å². The molecule has 0 atom stereocenters. The summed E-state index contributed by atoms with van der Waals surface area (Å²) in [7, 11) is 0. The van der Waals surface area contributed by atoms with E-state index < -0.39 is 0 Å². The highest BCUT2D eigenvalue weighted by molar-refractivity contribution is 5.60. The van der Waals surface area contributed by atoms with E-state index in [1.165, 1.54) is 5.56 Å². The maximum absolute atomic E-state index is 5.56. The third-order valence-electron chi connectivity index (χ3n) is 4.22. The number of aromatic nitrogens is 2. The second kappa shape index (κ2) is 7.18. The molecule has 0 saturated carbocycles. The van der Waals surface area contributed by atoms with Crippen LogP contribution in [0.3, 0.4) is 0 Å². The zero-order chi connectivity index (χ0) is 17.1. The van der Waals surface area contributed by atoms with Gasteiger partial charge in [0.2, 0.25) is 5.82 Å². The molecule has 0 unspecified atom stereocenters. The fraction of sp³-hybridized carbons (Fsp3) is 0.333. The standard InChI is InChI=1S/C18H20N4O3/c19-10-16-9-15(12-24-16)18-20-17(21-25-18)14-3-1-2-13(8-14)11-22-4-6-23-7-5-22/h1-3,8-9,12H,4-7,10-11,19H2. The van der Waals surface area contributed by atoms with Crippen LogP contribution in [0.1, 0.15) is 11.3 Å². The minimum atomic E-state index is 0.338. The van der Waals surface area contributed by atoms with E-state index in [0.717, 1.165) is 44.0 Å². The number of nitrogens with two attached hydrogens (primary N) is 1. The first-order valence-corrected chi connectivity index (χ1v) is 8.33. The van der Waals surface area contributed by atoms with Crippen LogP contribution in [0.2, 0.25) is 0 Å². The second-order valence-electron chi connectivity index (χ2n) is 6.02. The lowest BCUT2D eigenvalue weighted by molar-refractivity contribution is 0.0342. The smallest absolute Gasteiger partial charge is 0.261 e. The van der Waals surface area contributed by atoms with Crippen LogP contribution >= 0.6 is 0 Å². The molecule has 1 saturated heterocycles. The van der Waals surface area contributed by atoms with Gasteiger partial charge >= 0.3 is 0 Å². The van der Waals surface area contributed by atoms with Gasteiger partial charge in [-0.25, -0.2) is 0 Å². The molecular weight excluding hydrogens is 320 g/mol. The lowest BCUT2D eigenvalue weighted by Crippen LogP contribution is -2.35. The maximum Gasteiger partial charge on any atom is 0.261 e. The molecule has 0 bridgehead atoms. The molecule has 7 nitrogen and oxygen atoms in total. The van der Waals surface area contributed by atoms with E-state index in [2.05, 4.69) is 27.2 Å². The third-order valence-corrected chi connectivity index (χ3v) is 4.22. The Morgan fingerprint density at radius 3 is 2.80 bits per heavy atom. The van der Waals surface area contributed by atoms with Gasteiger partial charge in [-0.3, -0.25) is 4.90 Å². The average Bonchev–Trinajstić information content (AvgIpc) is 3.32. The highest BCUT2D eigenvalue weighted by atomic mass is 16.5. The highest BCUT2D eigenvalue weighted by Gasteiger charge is 2.15. The van der Waals surface area contributed by atoms with Crippen molar-refractivity contribution in [1.82, 2.24) is 15.0 Å². The molecule has 130 valence electrons. The molecule has 3 aromatic rings. The molecule has 0 radical (unpaired) electrons. The first-order chi connectivity index (χ1) is 12.3. The lowest BCUT2D eigenvalue weighted by Gasteiger charge is -2.26. The van der Waals surface area contributed by atoms with E-state index in [-0.39, 0.29) is 0 Å². The number of furan rings is 1. The molecule has 2 N–H and O–H groups in total. The van der Waals surface area contributed by atoms with Crippen molar-refractivity contribution in [3.05, 3.63) is 47.9 Å². The fourth-order valence-corrected chi connectivity index (χ4v) is 2.88. The molecule has 0 aliphatic carbocycles. The van der Waals surface area contributed by atoms with E-state index in [4.69, 9.17) is 19.4 Å². The Hall–Kier alpha value is -2.48. The zero-order valence-electron chi connectivity index (χ0n) is 13.9. The van der Waals surface area contributed by atoms with Crippen LogP contribution < -0.4 is 5.73 Å². The normalized spacial score (nSPS) is 15.6. The quantitative estimate of drug-likeness (QED) is 0.762. The Labute approximate surface area is 145 Å². The topological polar surface area (TPSA) is 90.5 Å². The van der Waals surface area contributed by atoms with Crippen molar-refractivity contribution in [2.24, 2.45) is 5.73 Å². The third kappa shape index (κ3) is 3.63. The van der Waals surface area contributed by atoms with Gasteiger partial charge in [-0.2, -0.15) is 4.98 Å². The van der Waals surface area contributed by atoms with Crippen LogP contribution in [0.25, 0.3) is 22.8 Å². The molecule has 1 aliphatic heterocycles. The van der Waals surface area contributed by atoms with E-state index in [1.807, 2.05) is 18.2 Å². The number of morpholine rings is 1. The molecule has 1 fully saturated rings. The molecule has 1 aliphatic rings. The Morgan fingerprint density at radius 1 is 1.12 bits per heavy atom. The number of nitrogens with zero attached hydrogens (tertiary/aromatic N) is 3. The molecular formula is C18H20N4O3. The summed E-state index contributed by atoms with van der Waals surface area (Å²) in [6.45, 7) is 4.74. The molecule has 25 heavy (non-hydrogen) atoms. The largest absolute Gasteiger partial charge is 0.467 e. The van der Waals surface area contributed by atoms with Crippen LogP contribution in [-0.2, 0) is 17.8 Å². The summed E-state index contributed by atoms with van der Waals surface area (Å²) >= 11 is 0. The SMILES string of the molecule is NCc1cc(-c2nc(-c3cccc(CN4CCOCC4)c3)no2)co1. The van der Waals surface area contributed by atoms with Crippen molar-refractivity contribution in [2.75, 3.05) is 26.3 Å². The summed E-state index contributed by atoms with van der Waals surface area (Å²) in [5, 5.41) is 4.09. The van der Waals surface area contributed by atoms with Gasteiger partial charge in [0, 0.05) is 25.2 Å². The van der Waals surface area contributed by atoms with Gasteiger partial charge in [-0.05, 0) is 17.7 Å². The van der Waals surface area contributed by atoms with E-state index in [0.29, 0.717) is 24.0 Å². The van der Waals surface area contributed by atoms with E-state index in [9.17, 15) is 0 Å².